The Morgan fingerprint density at radius 3 is 2.90 bits per heavy atom. The van der Waals surface area contributed by atoms with Crippen molar-refractivity contribution in [2.24, 2.45) is 0 Å². The number of amides is 1. The summed E-state index contributed by atoms with van der Waals surface area (Å²) in [4.78, 5) is 26.7. The highest BCUT2D eigenvalue weighted by Gasteiger charge is 2.46. The van der Waals surface area contributed by atoms with Gasteiger partial charge in [0.1, 0.15) is 23.7 Å². The Bertz CT molecular complexity index is 1020. The zero-order valence-electron chi connectivity index (χ0n) is 16.4. The van der Waals surface area contributed by atoms with Crippen molar-refractivity contribution in [1.82, 2.24) is 20.3 Å². The predicted molar refractivity (Wildman–Crippen MR) is 106 cm³/mol. The Hall–Kier alpha value is -2.69. The second-order valence-electron chi connectivity index (χ2n) is 7.75. The maximum absolute atomic E-state index is 14.7. The molecule has 0 aromatic carbocycles. The Labute approximate surface area is 180 Å². The second kappa shape index (κ2) is 7.77. The zero-order valence-corrected chi connectivity index (χ0v) is 17.2. The summed E-state index contributed by atoms with van der Waals surface area (Å²) in [5.41, 5.74) is -0.605. The molecule has 31 heavy (non-hydrogen) atoms. The standard InChI is InChI=1S/C19H19ClF4N6O/c1-18(17(31)28-9-19(22,23)24)3-2-4-30(18)16-13(21)8-27-15(29-16)12-7-26-14-11(12)5-10(20)6-25-14/h5-6,8,12H,2-4,7,9H2,1H3,(H,25,26)(H,28,31)/t12?,18-/m0/s1. The first-order chi connectivity index (χ1) is 14.6. The Kier molecular flexibility index (Phi) is 5.40. The fraction of sp³-hybridized carbons (Fsp3) is 0.474. The van der Waals surface area contributed by atoms with E-state index in [0.717, 1.165) is 11.8 Å². The predicted octanol–water partition coefficient (Wildman–Crippen LogP) is 3.26. The quantitative estimate of drug-likeness (QED) is 0.684. The van der Waals surface area contributed by atoms with E-state index in [9.17, 15) is 22.4 Å². The molecule has 2 aromatic heterocycles. The van der Waals surface area contributed by atoms with Crippen LogP contribution in [0, 0.1) is 5.82 Å². The minimum Gasteiger partial charge on any atom is -0.369 e. The second-order valence-corrected chi connectivity index (χ2v) is 8.19. The van der Waals surface area contributed by atoms with E-state index in [-0.39, 0.29) is 24.7 Å². The molecule has 2 N–H and O–H groups in total. The maximum atomic E-state index is 14.7. The largest absolute Gasteiger partial charge is 0.405 e. The van der Waals surface area contributed by atoms with Gasteiger partial charge >= 0.3 is 6.18 Å². The van der Waals surface area contributed by atoms with Crippen molar-refractivity contribution in [2.75, 3.05) is 29.9 Å². The molecular formula is C19H19ClF4N6O. The van der Waals surface area contributed by atoms with Crippen molar-refractivity contribution in [1.29, 1.82) is 0 Å². The van der Waals surface area contributed by atoms with Crippen LogP contribution in [-0.4, -0.2) is 52.2 Å². The van der Waals surface area contributed by atoms with Crippen LogP contribution >= 0.6 is 11.6 Å². The highest BCUT2D eigenvalue weighted by molar-refractivity contribution is 6.30. The summed E-state index contributed by atoms with van der Waals surface area (Å²) in [5, 5.41) is 5.46. The molecule has 0 bridgehead atoms. The number of pyridine rings is 1. The van der Waals surface area contributed by atoms with Crippen molar-refractivity contribution < 1.29 is 22.4 Å². The van der Waals surface area contributed by atoms with Crippen molar-refractivity contribution in [3.05, 3.63) is 40.7 Å². The number of carbonyl (C=O) groups excluding carboxylic acids is 1. The van der Waals surface area contributed by atoms with Crippen molar-refractivity contribution in [3.63, 3.8) is 0 Å². The molecule has 1 fully saturated rings. The number of nitrogens with one attached hydrogen (secondary N) is 2. The number of carbonyl (C=O) groups is 1. The average molecular weight is 459 g/mol. The third kappa shape index (κ3) is 4.10. The maximum Gasteiger partial charge on any atom is 0.405 e. The van der Waals surface area contributed by atoms with Crippen LogP contribution in [0.4, 0.5) is 29.2 Å². The van der Waals surface area contributed by atoms with Crippen LogP contribution in [0.5, 0.6) is 0 Å². The summed E-state index contributed by atoms with van der Waals surface area (Å²) in [6.07, 6.45) is -1.26. The highest BCUT2D eigenvalue weighted by atomic mass is 35.5. The van der Waals surface area contributed by atoms with Crippen LogP contribution in [-0.2, 0) is 4.79 Å². The number of aromatic nitrogens is 3. The normalized spacial score (nSPS) is 22.9. The fourth-order valence-corrected chi connectivity index (χ4v) is 4.21. The Balaban J connectivity index is 1.64. The minimum absolute atomic E-state index is 0.115. The first kappa shape index (κ1) is 21.5. The lowest BCUT2D eigenvalue weighted by atomic mass is 9.97. The van der Waals surface area contributed by atoms with Crippen LogP contribution in [0.15, 0.2) is 18.5 Å². The molecule has 2 atom stereocenters. The highest BCUT2D eigenvalue weighted by Crippen LogP contribution is 2.38. The molecular weight excluding hydrogens is 440 g/mol. The Morgan fingerprint density at radius 2 is 2.16 bits per heavy atom. The van der Waals surface area contributed by atoms with E-state index in [4.69, 9.17) is 11.6 Å². The summed E-state index contributed by atoms with van der Waals surface area (Å²) >= 11 is 6.05. The van der Waals surface area contributed by atoms with Gasteiger partial charge < -0.3 is 15.5 Å². The molecule has 166 valence electrons. The summed E-state index contributed by atoms with van der Waals surface area (Å²) in [6, 6.07) is 1.73. The molecule has 7 nitrogen and oxygen atoms in total. The van der Waals surface area contributed by atoms with E-state index in [1.807, 2.05) is 5.32 Å². The van der Waals surface area contributed by atoms with Gasteiger partial charge in [-0.25, -0.2) is 19.3 Å². The molecule has 2 aliphatic rings. The molecule has 2 aromatic rings. The number of nitrogens with zero attached hydrogens (tertiary/aromatic N) is 4. The van der Waals surface area contributed by atoms with E-state index < -0.39 is 30.0 Å². The first-order valence-corrected chi connectivity index (χ1v) is 10.0. The number of hydrogen-bond acceptors (Lipinski definition) is 6. The number of rotatable bonds is 4. The number of halogens is 5. The zero-order chi connectivity index (χ0) is 22.4. The van der Waals surface area contributed by atoms with Gasteiger partial charge in [-0.3, -0.25) is 4.79 Å². The lowest BCUT2D eigenvalue weighted by Crippen LogP contribution is -2.55. The van der Waals surface area contributed by atoms with Gasteiger partial charge in [0.15, 0.2) is 11.6 Å². The van der Waals surface area contributed by atoms with Gasteiger partial charge in [-0.2, -0.15) is 13.2 Å². The van der Waals surface area contributed by atoms with Crippen molar-refractivity contribution in [2.45, 2.75) is 37.4 Å². The van der Waals surface area contributed by atoms with E-state index in [1.165, 1.54) is 18.0 Å². The number of anilines is 2. The SMILES string of the molecule is C[C@@]1(C(=O)NCC(F)(F)F)CCCN1c1nc(C2CNc3ncc(Cl)cc32)ncc1F. The summed E-state index contributed by atoms with van der Waals surface area (Å²) in [5.74, 6) is -1.11. The summed E-state index contributed by atoms with van der Waals surface area (Å²) in [7, 11) is 0. The molecule has 2 aliphatic heterocycles. The Morgan fingerprint density at radius 1 is 1.39 bits per heavy atom. The monoisotopic (exact) mass is 458 g/mol. The van der Waals surface area contributed by atoms with Crippen LogP contribution in [0.25, 0.3) is 0 Å². The lowest BCUT2D eigenvalue weighted by molar-refractivity contribution is -0.141. The van der Waals surface area contributed by atoms with Gasteiger partial charge in [0.25, 0.3) is 0 Å². The van der Waals surface area contributed by atoms with Gasteiger partial charge in [0, 0.05) is 24.8 Å². The van der Waals surface area contributed by atoms with Crippen LogP contribution in [0.3, 0.4) is 0 Å². The van der Waals surface area contributed by atoms with Gasteiger partial charge in [0.2, 0.25) is 5.91 Å². The van der Waals surface area contributed by atoms with Crippen LogP contribution in [0.2, 0.25) is 5.02 Å². The van der Waals surface area contributed by atoms with E-state index in [1.54, 1.807) is 6.07 Å². The number of hydrogen-bond donors (Lipinski definition) is 2. The molecule has 0 radical (unpaired) electrons. The molecule has 12 heteroatoms. The fourth-order valence-electron chi connectivity index (χ4n) is 4.05. The smallest absolute Gasteiger partial charge is 0.369 e. The molecule has 1 amide bonds. The molecule has 0 saturated carbocycles. The third-order valence-electron chi connectivity index (χ3n) is 5.62. The molecule has 1 saturated heterocycles. The van der Waals surface area contributed by atoms with Crippen molar-refractivity contribution >= 4 is 29.1 Å². The summed E-state index contributed by atoms with van der Waals surface area (Å²) in [6.45, 7) is 0.737. The number of alkyl halides is 3. The summed E-state index contributed by atoms with van der Waals surface area (Å²) < 4.78 is 52.4. The lowest BCUT2D eigenvalue weighted by Gasteiger charge is -2.35. The van der Waals surface area contributed by atoms with E-state index >= 15 is 0 Å². The molecule has 0 spiro atoms. The molecule has 4 heterocycles. The van der Waals surface area contributed by atoms with Crippen LogP contribution in [0.1, 0.15) is 37.1 Å². The van der Waals surface area contributed by atoms with Gasteiger partial charge in [-0.1, -0.05) is 11.6 Å². The molecule has 1 unspecified atom stereocenters. The van der Waals surface area contributed by atoms with E-state index in [0.29, 0.717) is 29.6 Å². The van der Waals surface area contributed by atoms with Crippen LogP contribution < -0.4 is 15.5 Å². The minimum atomic E-state index is -4.54. The van der Waals surface area contributed by atoms with Gasteiger partial charge in [-0.05, 0) is 25.8 Å². The molecule has 4 rings (SSSR count). The third-order valence-corrected chi connectivity index (χ3v) is 5.83. The van der Waals surface area contributed by atoms with Gasteiger partial charge in [0.05, 0.1) is 17.1 Å². The molecule has 0 aliphatic carbocycles. The topological polar surface area (TPSA) is 83.0 Å². The first-order valence-electron chi connectivity index (χ1n) is 9.63. The van der Waals surface area contributed by atoms with Crippen molar-refractivity contribution in [3.8, 4) is 0 Å². The van der Waals surface area contributed by atoms with Gasteiger partial charge in [-0.15, -0.1) is 0 Å². The number of fused-ring (bicyclic) bond motifs is 1. The van der Waals surface area contributed by atoms with E-state index in [2.05, 4.69) is 20.3 Å². The average Bonchev–Trinajstić information content (AvgIpc) is 3.30.